The summed E-state index contributed by atoms with van der Waals surface area (Å²) in [5, 5.41) is 20.3. The van der Waals surface area contributed by atoms with E-state index in [1.54, 1.807) is 16.3 Å². The molecule has 0 aromatic carbocycles. The molecule has 1 saturated carbocycles. The molecule has 0 aliphatic heterocycles. The molecule has 2 unspecified atom stereocenters. The Bertz CT molecular complexity index is 571. The summed E-state index contributed by atoms with van der Waals surface area (Å²) in [4.78, 5) is 11.7. The van der Waals surface area contributed by atoms with Gasteiger partial charge in [-0.1, -0.05) is 25.6 Å². The average molecular weight is 309 g/mol. The number of nitriles is 1. The molecule has 2 atom stereocenters. The van der Waals surface area contributed by atoms with Gasteiger partial charge in [0.25, 0.3) is 0 Å². The number of aromatic amines is 1. The lowest BCUT2D eigenvalue weighted by molar-refractivity contribution is 0.414. The van der Waals surface area contributed by atoms with E-state index in [0.717, 1.165) is 25.7 Å². The lowest BCUT2D eigenvalue weighted by Crippen LogP contribution is -2.44. The maximum absolute atomic E-state index is 11.7. The maximum Gasteiger partial charge on any atom is 0.343 e. The zero-order chi connectivity index (χ0) is 15.5. The summed E-state index contributed by atoms with van der Waals surface area (Å²) in [6.45, 7) is 6.72. The van der Waals surface area contributed by atoms with Gasteiger partial charge in [0.05, 0.1) is 6.07 Å². The summed E-state index contributed by atoms with van der Waals surface area (Å²) in [7, 11) is 0. The minimum Gasteiger partial charge on any atom is -0.297 e. The molecule has 1 aliphatic rings. The minimum absolute atomic E-state index is 0.161. The van der Waals surface area contributed by atoms with Crippen LogP contribution in [0.1, 0.15) is 46.5 Å². The first-order chi connectivity index (χ1) is 9.97. The van der Waals surface area contributed by atoms with E-state index in [0.29, 0.717) is 17.7 Å². The summed E-state index contributed by atoms with van der Waals surface area (Å²) in [6.07, 6.45) is 3.93. The second-order valence-corrected chi connectivity index (χ2v) is 7.36. The number of H-pyrrole nitrogens is 1. The van der Waals surface area contributed by atoms with Gasteiger partial charge in [0.1, 0.15) is 5.54 Å². The highest BCUT2D eigenvalue weighted by Gasteiger charge is 2.34. The molecule has 1 fully saturated rings. The Labute approximate surface area is 129 Å². The van der Waals surface area contributed by atoms with Crippen LogP contribution in [0.2, 0.25) is 0 Å². The molecule has 0 spiro atoms. The van der Waals surface area contributed by atoms with Crippen molar-refractivity contribution in [3.05, 3.63) is 10.5 Å². The summed E-state index contributed by atoms with van der Waals surface area (Å²) in [5.74, 6) is 0. The first-order valence-electron chi connectivity index (χ1n) is 7.48. The molecule has 0 saturated heterocycles. The molecular weight excluding hydrogens is 286 g/mol. The highest BCUT2D eigenvalue weighted by Crippen LogP contribution is 2.29. The lowest BCUT2D eigenvalue weighted by atomic mass is 9.98. The fraction of sp³-hybridized carbons (Fsp3) is 0.786. The monoisotopic (exact) mass is 309 g/mol. The summed E-state index contributed by atoms with van der Waals surface area (Å²) in [6, 6.07) is 2.89. The van der Waals surface area contributed by atoms with Crippen LogP contribution >= 0.6 is 11.8 Å². The van der Waals surface area contributed by atoms with Gasteiger partial charge < -0.3 is 0 Å². The molecule has 7 heteroatoms. The molecular formula is C14H23N5OS. The van der Waals surface area contributed by atoms with E-state index in [1.807, 2.05) is 13.8 Å². The van der Waals surface area contributed by atoms with Gasteiger partial charge in [-0.15, -0.1) is 5.10 Å². The zero-order valence-electron chi connectivity index (χ0n) is 12.8. The molecule has 21 heavy (non-hydrogen) atoms. The van der Waals surface area contributed by atoms with Crippen molar-refractivity contribution < 1.29 is 0 Å². The van der Waals surface area contributed by atoms with Crippen molar-refractivity contribution in [3.8, 4) is 6.07 Å². The van der Waals surface area contributed by atoms with Crippen LogP contribution in [0.5, 0.6) is 0 Å². The number of hydrogen-bond donors (Lipinski definition) is 2. The zero-order valence-corrected chi connectivity index (χ0v) is 13.7. The molecule has 1 aromatic heterocycles. The van der Waals surface area contributed by atoms with Gasteiger partial charge in [0.2, 0.25) is 0 Å². The Morgan fingerprint density at radius 3 is 2.95 bits per heavy atom. The van der Waals surface area contributed by atoms with Gasteiger partial charge in [0.15, 0.2) is 5.16 Å². The topological polar surface area (TPSA) is 86.5 Å². The van der Waals surface area contributed by atoms with Crippen molar-refractivity contribution in [2.24, 2.45) is 0 Å². The van der Waals surface area contributed by atoms with Crippen LogP contribution in [-0.4, -0.2) is 31.6 Å². The summed E-state index contributed by atoms with van der Waals surface area (Å²) >= 11 is 1.55. The van der Waals surface area contributed by atoms with Crippen molar-refractivity contribution in [1.82, 2.24) is 20.1 Å². The predicted molar refractivity (Wildman–Crippen MR) is 83.3 cm³/mol. The number of thioether (sulfide) groups is 1. The third-order valence-corrected chi connectivity index (χ3v) is 4.61. The maximum atomic E-state index is 11.7. The second-order valence-electron chi connectivity index (χ2n) is 5.96. The van der Waals surface area contributed by atoms with Gasteiger partial charge in [0, 0.05) is 17.8 Å². The van der Waals surface area contributed by atoms with Gasteiger partial charge in [-0.2, -0.15) is 5.26 Å². The fourth-order valence-corrected chi connectivity index (χ4v) is 3.60. The minimum atomic E-state index is -0.514. The Morgan fingerprint density at radius 1 is 1.67 bits per heavy atom. The standard InChI is InChI=1S/C14H23N5OS/c1-4-7-19-12(20)17-18-13(19)21-10(2)8-14(3,9-15)16-11-5-6-11/h10-11,16H,4-8H2,1-3H3,(H,17,20). The molecule has 0 bridgehead atoms. The number of hydrogen-bond acceptors (Lipinski definition) is 5. The van der Waals surface area contributed by atoms with E-state index in [2.05, 4.69) is 28.5 Å². The van der Waals surface area contributed by atoms with Gasteiger partial charge in [-0.25, -0.2) is 9.89 Å². The third-order valence-electron chi connectivity index (χ3n) is 3.52. The highest BCUT2D eigenvalue weighted by atomic mass is 32.2. The highest BCUT2D eigenvalue weighted by molar-refractivity contribution is 7.99. The van der Waals surface area contributed by atoms with E-state index in [1.165, 1.54) is 0 Å². The van der Waals surface area contributed by atoms with Gasteiger partial charge in [-0.05, 0) is 32.6 Å². The molecule has 1 heterocycles. The SMILES string of the molecule is CCCn1c(SC(C)CC(C)(C#N)NC2CC2)n[nH]c1=O. The molecule has 2 rings (SSSR count). The number of rotatable bonds is 8. The molecule has 116 valence electrons. The largest absolute Gasteiger partial charge is 0.343 e. The van der Waals surface area contributed by atoms with Crippen molar-refractivity contribution in [2.75, 3.05) is 0 Å². The van der Waals surface area contributed by atoms with Crippen LogP contribution in [0, 0.1) is 11.3 Å². The third kappa shape index (κ3) is 4.35. The smallest absolute Gasteiger partial charge is 0.297 e. The van der Waals surface area contributed by atoms with Crippen molar-refractivity contribution in [2.45, 2.75) is 75.0 Å². The first kappa shape index (κ1) is 16.1. The van der Waals surface area contributed by atoms with Crippen LogP contribution in [0.15, 0.2) is 9.95 Å². The molecule has 0 radical (unpaired) electrons. The van der Waals surface area contributed by atoms with E-state index in [-0.39, 0.29) is 10.9 Å². The quantitative estimate of drug-likeness (QED) is 0.716. The Hall–Kier alpha value is -1.26. The molecule has 1 aliphatic carbocycles. The molecule has 0 amide bonds. The van der Waals surface area contributed by atoms with Crippen molar-refractivity contribution in [1.29, 1.82) is 5.26 Å². The predicted octanol–water partition coefficient (Wildman–Crippen LogP) is 1.89. The van der Waals surface area contributed by atoms with Crippen molar-refractivity contribution >= 4 is 11.8 Å². The normalized spacial score (nSPS) is 19.0. The molecule has 2 N–H and O–H groups in total. The summed E-state index contributed by atoms with van der Waals surface area (Å²) in [5.41, 5.74) is -0.676. The Kier molecular flexibility index (Phi) is 5.12. The average Bonchev–Trinajstić information content (AvgIpc) is 3.18. The number of nitrogens with zero attached hydrogens (tertiary/aromatic N) is 3. The van der Waals surface area contributed by atoms with Crippen LogP contribution in [-0.2, 0) is 6.54 Å². The fourth-order valence-electron chi connectivity index (χ4n) is 2.43. The van der Waals surface area contributed by atoms with E-state index in [4.69, 9.17) is 0 Å². The lowest BCUT2D eigenvalue weighted by Gasteiger charge is -2.26. The van der Waals surface area contributed by atoms with Gasteiger partial charge >= 0.3 is 5.69 Å². The Balaban J connectivity index is 1.99. The van der Waals surface area contributed by atoms with Crippen LogP contribution in [0.4, 0.5) is 0 Å². The van der Waals surface area contributed by atoms with Crippen LogP contribution < -0.4 is 11.0 Å². The van der Waals surface area contributed by atoms with E-state index in [9.17, 15) is 10.1 Å². The Morgan fingerprint density at radius 2 is 2.38 bits per heavy atom. The number of nitrogens with one attached hydrogen (secondary N) is 2. The number of aromatic nitrogens is 3. The van der Waals surface area contributed by atoms with Crippen LogP contribution in [0.25, 0.3) is 0 Å². The molecule has 6 nitrogen and oxygen atoms in total. The van der Waals surface area contributed by atoms with Gasteiger partial charge in [-0.3, -0.25) is 9.88 Å². The van der Waals surface area contributed by atoms with Crippen molar-refractivity contribution in [3.63, 3.8) is 0 Å². The summed E-state index contributed by atoms with van der Waals surface area (Å²) < 4.78 is 1.67. The first-order valence-corrected chi connectivity index (χ1v) is 8.36. The second kappa shape index (κ2) is 6.67. The van der Waals surface area contributed by atoms with Crippen LogP contribution in [0.3, 0.4) is 0 Å². The van der Waals surface area contributed by atoms with E-state index >= 15 is 0 Å². The van der Waals surface area contributed by atoms with E-state index < -0.39 is 5.54 Å². The molecule has 1 aromatic rings.